The number of rotatable bonds is 5. The number of carbonyl (C=O) groups is 2. The molecule has 0 amide bonds. The molecule has 0 bridgehead atoms. The van der Waals surface area contributed by atoms with E-state index in [1.807, 2.05) is 30.5 Å². The van der Waals surface area contributed by atoms with Gasteiger partial charge in [0.15, 0.2) is 0 Å². The minimum absolute atomic E-state index is 0.110. The molecule has 0 saturated carbocycles. The van der Waals surface area contributed by atoms with Crippen LogP contribution in [-0.2, 0) is 0 Å². The molecule has 0 radical (unpaired) electrons. The maximum Gasteiger partial charge on any atom is 0.337 e. The zero-order valence-corrected chi connectivity index (χ0v) is 16.2. The number of benzene rings is 2. The number of hydrogen-bond donors (Lipinski definition) is 2. The van der Waals surface area contributed by atoms with Crippen molar-refractivity contribution in [2.24, 2.45) is 0 Å². The Labute approximate surface area is 171 Å². The fraction of sp³-hybridized carbons (Fsp3) is 0.0909. The van der Waals surface area contributed by atoms with Crippen molar-refractivity contribution in [3.05, 3.63) is 77.1 Å². The summed E-state index contributed by atoms with van der Waals surface area (Å²) in [6, 6.07) is 14.8. The summed E-state index contributed by atoms with van der Waals surface area (Å²) in [6.07, 6.45) is 0. The summed E-state index contributed by atoms with van der Waals surface area (Å²) in [7, 11) is 0. The van der Waals surface area contributed by atoms with Crippen LogP contribution in [0.3, 0.4) is 0 Å². The molecule has 0 spiro atoms. The molecule has 2 aromatic carbocycles. The van der Waals surface area contributed by atoms with Gasteiger partial charge < -0.3 is 19.2 Å². The molecule has 0 saturated heterocycles. The van der Waals surface area contributed by atoms with E-state index in [-0.39, 0.29) is 22.9 Å². The van der Waals surface area contributed by atoms with E-state index in [0.29, 0.717) is 16.8 Å². The van der Waals surface area contributed by atoms with E-state index in [2.05, 4.69) is 10.2 Å². The fourth-order valence-electron chi connectivity index (χ4n) is 3.32. The average Bonchev–Trinajstić information content (AvgIpc) is 3.34. The second-order valence-electron chi connectivity index (χ2n) is 6.79. The number of aromatic nitrogens is 3. The third kappa shape index (κ3) is 3.35. The monoisotopic (exact) mass is 403 g/mol. The van der Waals surface area contributed by atoms with Gasteiger partial charge in [-0.3, -0.25) is 0 Å². The SMILES string of the molecule is Cc1ccc(C)n1-c1cc(-c2nnc(-c3cccc(C(=O)O)c3)o2)ccc1C(=O)O. The normalized spacial score (nSPS) is 10.9. The number of carboxylic acids is 2. The smallest absolute Gasteiger partial charge is 0.337 e. The van der Waals surface area contributed by atoms with Gasteiger partial charge in [-0.1, -0.05) is 6.07 Å². The van der Waals surface area contributed by atoms with Crippen LogP contribution in [0, 0.1) is 13.8 Å². The maximum absolute atomic E-state index is 11.8. The summed E-state index contributed by atoms with van der Waals surface area (Å²) in [5.74, 6) is -1.72. The first-order valence-corrected chi connectivity index (χ1v) is 9.05. The fourth-order valence-corrected chi connectivity index (χ4v) is 3.32. The van der Waals surface area contributed by atoms with Gasteiger partial charge in [0.05, 0.1) is 16.8 Å². The summed E-state index contributed by atoms with van der Waals surface area (Å²) < 4.78 is 7.60. The van der Waals surface area contributed by atoms with E-state index in [1.54, 1.807) is 24.3 Å². The molecule has 4 aromatic rings. The third-order valence-electron chi connectivity index (χ3n) is 4.77. The van der Waals surface area contributed by atoms with Crippen molar-refractivity contribution in [2.45, 2.75) is 13.8 Å². The Kier molecular flexibility index (Phi) is 4.67. The van der Waals surface area contributed by atoms with Crippen LogP contribution in [0.4, 0.5) is 0 Å². The highest BCUT2D eigenvalue weighted by Gasteiger charge is 2.18. The number of aryl methyl sites for hydroxylation is 2. The Morgan fingerprint density at radius 1 is 0.833 bits per heavy atom. The van der Waals surface area contributed by atoms with Gasteiger partial charge in [-0.05, 0) is 62.4 Å². The van der Waals surface area contributed by atoms with Crippen molar-refractivity contribution in [3.8, 4) is 28.6 Å². The first-order valence-electron chi connectivity index (χ1n) is 9.05. The molecule has 0 unspecified atom stereocenters. The van der Waals surface area contributed by atoms with Crippen molar-refractivity contribution in [1.29, 1.82) is 0 Å². The molecule has 2 heterocycles. The Morgan fingerprint density at radius 3 is 2.07 bits per heavy atom. The van der Waals surface area contributed by atoms with Crippen molar-refractivity contribution in [1.82, 2.24) is 14.8 Å². The molecule has 0 aliphatic heterocycles. The average molecular weight is 403 g/mol. The molecular weight excluding hydrogens is 386 g/mol. The van der Waals surface area contributed by atoms with E-state index in [1.165, 1.54) is 18.2 Å². The van der Waals surface area contributed by atoms with Crippen LogP contribution >= 0.6 is 0 Å². The molecular formula is C22H17N3O5. The summed E-state index contributed by atoms with van der Waals surface area (Å²) in [5, 5.41) is 26.9. The van der Waals surface area contributed by atoms with Crippen molar-refractivity contribution >= 4 is 11.9 Å². The standard InChI is InChI=1S/C22H17N3O5/c1-12-6-7-13(2)25(12)18-11-15(8-9-17(18)22(28)29)20-24-23-19(30-20)14-4-3-5-16(10-14)21(26)27/h3-11H,1-2H3,(H,26,27)(H,28,29). The van der Waals surface area contributed by atoms with Crippen molar-refractivity contribution in [2.75, 3.05) is 0 Å². The quantitative estimate of drug-likeness (QED) is 0.512. The van der Waals surface area contributed by atoms with Crippen LogP contribution in [0.2, 0.25) is 0 Å². The highest BCUT2D eigenvalue weighted by atomic mass is 16.4. The van der Waals surface area contributed by atoms with Crippen LogP contribution < -0.4 is 0 Å². The topological polar surface area (TPSA) is 118 Å². The Balaban J connectivity index is 1.79. The molecule has 2 N–H and O–H groups in total. The Hall–Kier alpha value is -4.20. The summed E-state index contributed by atoms with van der Waals surface area (Å²) in [6.45, 7) is 3.79. The first kappa shape index (κ1) is 19.1. The van der Waals surface area contributed by atoms with Gasteiger partial charge in [0, 0.05) is 22.5 Å². The van der Waals surface area contributed by atoms with Crippen LogP contribution in [0.25, 0.3) is 28.6 Å². The van der Waals surface area contributed by atoms with Gasteiger partial charge >= 0.3 is 11.9 Å². The largest absolute Gasteiger partial charge is 0.478 e. The lowest BCUT2D eigenvalue weighted by molar-refractivity contribution is 0.0686. The molecule has 0 atom stereocenters. The van der Waals surface area contributed by atoms with Crippen molar-refractivity contribution < 1.29 is 24.2 Å². The van der Waals surface area contributed by atoms with Gasteiger partial charge in [-0.2, -0.15) is 0 Å². The number of aromatic carboxylic acids is 2. The van der Waals surface area contributed by atoms with Gasteiger partial charge in [0.1, 0.15) is 0 Å². The lowest BCUT2D eigenvalue weighted by Crippen LogP contribution is -2.08. The molecule has 150 valence electrons. The van der Waals surface area contributed by atoms with Gasteiger partial charge in [-0.15, -0.1) is 10.2 Å². The zero-order valence-electron chi connectivity index (χ0n) is 16.2. The number of nitrogens with zero attached hydrogens (tertiary/aromatic N) is 3. The van der Waals surface area contributed by atoms with E-state index in [9.17, 15) is 14.7 Å². The maximum atomic E-state index is 11.8. The van der Waals surface area contributed by atoms with Gasteiger partial charge in [0.25, 0.3) is 0 Å². The van der Waals surface area contributed by atoms with E-state index in [0.717, 1.165) is 11.4 Å². The van der Waals surface area contributed by atoms with E-state index in [4.69, 9.17) is 9.52 Å². The second-order valence-corrected chi connectivity index (χ2v) is 6.79. The highest BCUT2D eigenvalue weighted by molar-refractivity contribution is 5.93. The molecule has 4 rings (SSSR count). The van der Waals surface area contributed by atoms with Gasteiger partial charge in [-0.25, -0.2) is 9.59 Å². The third-order valence-corrected chi connectivity index (χ3v) is 4.77. The number of carboxylic acid groups (broad SMARTS) is 2. The minimum atomic E-state index is -1.05. The molecule has 0 fully saturated rings. The van der Waals surface area contributed by atoms with E-state index < -0.39 is 11.9 Å². The first-order chi connectivity index (χ1) is 14.3. The second kappa shape index (κ2) is 7.32. The molecule has 0 aliphatic rings. The minimum Gasteiger partial charge on any atom is -0.478 e. The van der Waals surface area contributed by atoms with Crippen LogP contribution in [0.1, 0.15) is 32.1 Å². The Morgan fingerprint density at radius 2 is 1.47 bits per heavy atom. The molecule has 8 heteroatoms. The summed E-state index contributed by atoms with van der Waals surface area (Å²) in [5.41, 5.74) is 3.57. The van der Waals surface area contributed by atoms with Crippen molar-refractivity contribution in [3.63, 3.8) is 0 Å². The van der Waals surface area contributed by atoms with Crippen LogP contribution in [-0.4, -0.2) is 36.9 Å². The highest BCUT2D eigenvalue weighted by Crippen LogP contribution is 2.29. The Bertz CT molecular complexity index is 1270. The zero-order chi connectivity index (χ0) is 21.4. The van der Waals surface area contributed by atoms with Crippen LogP contribution in [0.5, 0.6) is 0 Å². The molecule has 30 heavy (non-hydrogen) atoms. The lowest BCUT2D eigenvalue weighted by atomic mass is 10.1. The van der Waals surface area contributed by atoms with Crippen LogP contribution in [0.15, 0.2) is 59.0 Å². The van der Waals surface area contributed by atoms with Gasteiger partial charge in [0.2, 0.25) is 11.8 Å². The molecule has 2 aromatic heterocycles. The summed E-state index contributed by atoms with van der Waals surface area (Å²) in [4.78, 5) is 22.9. The predicted octanol–water partition coefficient (Wildman–Crippen LogP) is 4.21. The molecule has 0 aliphatic carbocycles. The number of hydrogen-bond acceptors (Lipinski definition) is 5. The predicted molar refractivity (Wildman–Crippen MR) is 108 cm³/mol. The lowest BCUT2D eigenvalue weighted by Gasteiger charge is -2.13. The molecule has 8 nitrogen and oxygen atoms in total. The van der Waals surface area contributed by atoms with E-state index >= 15 is 0 Å². The summed E-state index contributed by atoms with van der Waals surface area (Å²) >= 11 is 0.